The lowest BCUT2D eigenvalue weighted by Gasteiger charge is -2.04. The second kappa shape index (κ2) is 5.10. The van der Waals surface area contributed by atoms with Gasteiger partial charge in [0, 0.05) is 11.1 Å². The summed E-state index contributed by atoms with van der Waals surface area (Å²) in [7, 11) is 0. The summed E-state index contributed by atoms with van der Waals surface area (Å²) in [6, 6.07) is 6.80. The van der Waals surface area contributed by atoms with E-state index in [1.54, 1.807) is 24.3 Å². The molecular formula is C11H6Br2ClNOS. The molecule has 0 radical (unpaired) electrons. The molecule has 2 nitrogen and oxygen atoms in total. The molecule has 2 rings (SSSR count). The van der Waals surface area contributed by atoms with Crippen molar-refractivity contribution in [2.24, 2.45) is 0 Å². The van der Waals surface area contributed by atoms with E-state index in [-0.39, 0.29) is 5.78 Å². The van der Waals surface area contributed by atoms with Crippen molar-refractivity contribution in [1.82, 2.24) is 0 Å². The monoisotopic (exact) mass is 393 g/mol. The summed E-state index contributed by atoms with van der Waals surface area (Å²) in [5.74, 6) is -0.142. The number of ketones is 1. The van der Waals surface area contributed by atoms with Gasteiger partial charge in [0.1, 0.15) is 0 Å². The van der Waals surface area contributed by atoms with Gasteiger partial charge >= 0.3 is 0 Å². The molecule has 0 amide bonds. The van der Waals surface area contributed by atoms with Gasteiger partial charge in [-0.05, 0) is 50.1 Å². The van der Waals surface area contributed by atoms with Crippen LogP contribution in [0.1, 0.15) is 15.9 Å². The maximum absolute atomic E-state index is 12.3. The maximum Gasteiger partial charge on any atom is 0.196 e. The fourth-order valence-electron chi connectivity index (χ4n) is 1.37. The Hall–Kier alpha value is -0.360. The predicted molar refractivity (Wildman–Crippen MR) is 79.0 cm³/mol. The first-order valence-corrected chi connectivity index (χ1v) is 7.32. The van der Waals surface area contributed by atoms with E-state index in [9.17, 15) is 4.79 Å². The van der Waals surface area contributed by atoms with Crippen LogP contribution in [0, 0.1) is 0 Å². The summed E-state index contributed by atoms with van der Waals surface area (Å²) in [6.07, 6.45) is 0. The fourth-order valence-corrected chi connectivity index (χ4v) is 4.37. The molecule has 6 heteroatoms. The third kappa shape index (κ3) is 2.57. The molecule has 0 aliphatic carbocycles. The van der Waals surface area contributed by atoms with Crippen LogP contribution in [0.3, 0.4) is 0 Å². The van der Waals surface area contributed by atoms with Gasteiger partial charge in [-0.2, -0.15) is 0 Å². The number of halogens is 3. The van der Waals surface area contributed by atoms with E-state index in [4.69, 9.17) is 17.3 Å². The van der Waals surface area contributed by atoms with Crippen LogP contribution in [0.25, 0.3) is 0 Å². The summed E-state index contributed by atoms with van der Waals surface area (Å²) in [4.78, 5) is 12.3. The first-order chi connectivity index (χ1) is 8.00. The number of thiophene rings is 1. The van der Waals surface area contributed by atoms with Gasteiger partial charge in [-0.25, -0.2) is 0 Å². The number of hydrogen-bond donors (Lipinski definition) is 1. The molecule has 0 saturated carbocycles. The number of nitrogen functional groups attached to an aromatic ring is 1. The Labute approximate surface area is 124 Å². The lowest BCUT2D eigenvalue weighted by Crippen LogP contribution is -2.03. The highest BCUT2D eigenvalue weighted by Crippen LogP contribution is 2.35. The number of anilines is 1. The van der Waals surface area contributed by atoms with Gasteiger partial charge in [-0.15, -0.1) is 11.3 Å². The van der Waals surface area contributed by atoms with Crippen LogP contribution in [0.15, 0.2) is 31.8 Å². The van der Waals surface area contributed by atoms with Crippen molar-refractivity contribution in [2.45, 2.75) is 0 Å². The van der Waals surface area contributed by atoms with Gasteiger partial charge in [0.15, 0.2) is 5.78 Å². The molecule has 1 aromatic carbocycles. The largest absolute Gasteiger partial charge is 0.398 e. The molecule has 1 heterocycles. The average Bonchev–Trinajstić information content (AvgIpc) is 2.61. The second-order valence-electron chi connectivity index (χ2n) is 3.28. The molecule has 0 atom stereocenters. The van der Waals surface area contributed by atoms with Crippen molar-refractivity contribution >= 4 is 66.3 Å². The summed E-state index contributed by atoms with van der Waals surface area (Å²) < 4.78 is 1.65. The molecule has 0 spiro atoms. The molecule has 0 unspecified atom stereocenters. The van der Waals surface area contributed by atoms with E-state index in [2.05, 4.69) is 31.9 Å². The molecule has 17 heavy (non-hydrogen) atoms. The fraction of sp³-hybridized carbons (Fsp3) is 0. The van der Waals surface area contributed by atoms with Crippen LogP contribution in [-0.2, 0) is 0 Å². The quantitative estimate of drug-likeness (QED) is 0.590. The van der Waals surface area contributed by atoms with E-state index >= 15 is 0 Å². The average molecular weight is 396 g/mol. The second-order valence-corrected chi connectivity index (χ2v) is 7.40. The molecule has 0 aliphatic rings. The smallest absolute Gasteiger partial charge is 0.196 e. The lowest BCUT2D eigenvalue weighted by atomic mass is 10.1. The summed E-state index contributed by atoms with van der Waals surface area (Å²) in [6.45, 7) is 0. The van der Waals surface area contributed by atoms with Crippen molar-refractivity contribution in [3.63, 3.8) is 0 Å². The van der Waals surface area contributed by atoms with Crippen LogP contribution in [-0.4, -0.2) is 5.78 Å². The van der Waals surface area contributed by atoms with E-state index in [1.807, 2.05) is 0 Å². The number of rotatable bonds is 2. The van der Waals surface area contributed by atoms with Crippen LogP contribution in [0.2, 0.25) is 5.02 Å². The van der Waals surface area contributed by atoms with Crippen molar-refractivity contribution < 1.29 is 4.79 Å². The van der Waals surface area contributed by atoms with Crippen molar-refractivity contribution in [3.05, 3.63) is 48.0 Å². The van der Waals surface area contributed by atoms with Crippen LogP contribution < -0.4 is 5.73 Å². The minimum atomic E-state index is -0.142. The summed E-state index contributed by atoms with van der Waals surface area (Å²) in [5.41, 5.74) is 7.08. The minimum absolute atomic E-state index is 0.142. The number of carbonyl (C=O) groups excluding carboxylic acids is 1. The highest BCUT2D eigenvalue weighted by atomic mass is 79.9. The molecule has 1 aromatic heterocycles. The minimum Gasteiger partial charge on any atom is -0.398 e. The Morgan fingerprint density at radius 3 is 2.59 bits per heavy atom. The number of carbonyl (C=O) groups is 1. The molecule has 2 aromatic rings. The molecule has 0 bridgehead atoms. The number of nitrogens with two attached hydrogens (primary N) is 1. The van der Waals surface area contributed by atoms with Crippen molar-refractivity contribution in [2.75, 3.05) is 5.73 Å². The van der Waals surface area contributed by atoms with E-state index < -0.39 is 0 Å². The molecule has 88 valence electrons. The highest BCUT2D eigenvalue weighted by Gasteiger charge is 2.18. The Morgan fingerprint density at radius 2 is 2.00 bits per heavy atom. The van der Waals surface area contributed by atoms with Crippen LogP contribution in [0.5, 0.6) is 0 Å². The maximum atomic E-state index is 12.3. The summed E-state index contributed by atoms with van der Waals surface area (Å²) >= 11 is 14.2. The van der Waals surface area contributed by atoms with Crippen LogP contribution in [0.4, 0.5) is 5.69 Å². The third-order valence-corrected chi connectivity index (χ3v) is 4.94. The van der Waals surface area contributed by atoms with Crippen molar-refractivity contribution in [3.8, 4) is 0 Å². The Balaban J connectivity index is 2.51. The van der Waals surface area contributed by atoms with Gasteiger partial charge in [0.05, 0.1) is 18.3 Å². The lowest BCUT2D eigenvalue weighted by molar-refractivity contribution is 0.103. The van der Waals surface area contributed by atoms with E-state index in [0.717, 1.165) is 7.57 Å². The first-order valence-electron chi connectivity index (χ1n) is 4.54. The van der Waals surface area contributed by atoms with E-state index in [1.165, 1.54) is 11.3 Å². The predicted octanol–water partition coefficient (Wildman–Crippen LogP) is 4.74. The third-order valence-electron chi connectivity index (χ3n) is 2.17. The first kappa shape index (κ1) is 13.1. The molecule has 0 fully saturated rings. The standard InChI is InChI=1S/C11H6Br2ClNOS/c12-8-4-6(11(13)17-8)10(16)5-2-1-3-7(15)9(5)14/h1-4H,15H2. The zero-order chi connectivity index (χ0) is 12.6. The Morgan fingerprint density at radius 1 is 1.29 bits per heavy atom. The van der Waals surface area contributed by atoms with Crippen LogP contribution >= 0.6 is 54.8 Å². The topological polar surface area (TPSA) is 43.1 Å². The molecule has 0 saturated heterocycles. The van der Waals surface area contributed by atoms with Gasteiger partial charge < -0.3 is 5.73 Å². The highest BCUT2D eigenvalue weighted by molar-refractivity contribution is 9.12. The van der Waals surface area contributed by atoms with Gasteiger partial charge in [0.2, 0.25) is 0 Å². The normalized spacial score (nSPS) is 10.5. The Kier molecular flexibility index (Phi) is 3.92. The van der Waals surface area contributed by atoms with Gasteiger partial charge in [-0.3, -0.25) is 4.79 Å². The van der Waals surface area contributed by atoms with Gasteiger partial charge in [-0.1, -0.05) is 17.7 Å². The van der Waals surface area contributed by atoms with Gasteiger partial charge in [0.25, 0.3) is 0 Å². The Bertz CT molecular complexity index is 597. The number of hydrogen-bond acceptors (Lipinski definition) is 3. The number of benzene rings is 1. The molecule has 2 N–H and O–H groups in total. The van der Waals surface area contributed by atoms with E-state index in [0.29, 0.717) is 21.8 Å². The molecular weight excluding hydrogens is 389 g/mol. The SMILES string of the molecule is Nc1cccc(C(=O)c2cc(Br)sc2Br)c1Cl. The zero-order valence-electron chi connectivity index (χ0n) is 8.34. The molecule has 0 aliphatic heterocycles. The summed E-state index contributed by atoms with van der Waals surface area (Å²) in [5, 5.41) is 0.298. The zero-order valence-corrected chi connectivity index (χ0v) is 13.1. The van der Waals surface area contributed by atoms with Crippen molar-refractivity contribution in [1.29, 1.82) is 0 Å².